The van der Waals surface area contributed by atoms with Crippen LogP contribution < -0.4 is 14.8 Å². The Morgan fingerprint density at radius 2 is 1.95 bits per heavy atom. The van der Waals surface area contributed by atoms with Crippen LogP contribution in [0.15, 0.2) is 16.6 Å². The second kappa shape index (κ2) is 8.04. The molecule has 0 amide bonds. The van der Waals surface area contributed by atoms with E-state index in [1.54, 1.807) is 14.2 Å². The fourth-order valence-corrected chi connectivity index (χ4v) is 4.03. The number of halogens is 1. The molecule has 2 rings (SSSR count). The van der Waals surface area contributed by atoms with Crippen LogP contribution in [0.5, 0.6) is 11.5 Å². The maximum absolute atomic E-state index is 5.61. The average Bonchev–Trinajstić information content (AvgIpc) is 3.01. The van der Waals surface area contributed by atoms with E-state index in [0.717, 1.165) is 28.3 Å². The zero-order chi connectivity index (χ0) is 15.2. The zero-order valence-electron chi connectivity index (χ0n) is 13.2. The topological polar surface area (TPSA) is 30.5 Å². The predicted octanol–water partition coefficient (Wildman–Crippen LogP) is 4.70. The van der Waals surface area contributed by atoms with E-state index in [0.29, 0.717) is 6.04 Å². The van der Waals surface area contributed by atoms with Crippen molar-refractivity contribution in [3.63, 3.8) is 0 Å². The second-order valence-electron chi connectivity index (χ2n) is 5.77. The molecule has 0 heterocycles. The number of ether oxygens (including phenoxy) is 2. The molecule has 1 N–H and O–H groups in total. The highest BCUT2D eigenvalue weighted by Crippen LogP contribution is 2.41. The van der Waals surface area contributed by atoms with Crippen molar-refractivity contribution in [1.29, 1.82) is 0 Å². The summed E-state index contributed by atoms with van der Waals surface area (Å²) in [6, 6.07) is 4.43. The molecule has 0 aliphatic heterocycles. The van der Waals surface area contributed by atoms with Gasteiger partial charge in [0.05, 0.1) is 14.2 Å². The molecule has 1 aromatic carbocycles. The van der Waals surface area contributed by atoms with Crippen LogP contribution >= 0.6 is 15.9 Å². The maximum Gasteiger partial charge on any atom is 0.141 e. The first kappa shape index (κ1) is 16.6. The summed E-state index contributed by atoms with van der Waals surface area (Å²) in [6.45, 7) is 0. The first-order valence-electron chi connectivity index (χ1n) is 7.78. The van der Waals surface area contributed by atoms with Gasteiger partial charge >= 0.3 is 0 Å². The van der Waals surface area contributed by atoms with Gasteiger partial charge in [0, 0.05) is 11.6 Å². The number of methoxy groups -OCH3 is 2. The van der Waals surface area contributed by atoms with E-state index in [1.807, 2.05) is 13.1 Å². The summed E-state index contributed by atoms with van der Waals surface area (Å²) in [4.78, 5) is 0. The summed E-state index contributed by atoms with van der Waals surface area (Å²) in [5.41, 5.74) is 1.20. The van der Waals surface area contributed by atoms with Gasteiger partial charge in [-0.25, -0.2) is 0 Å². The van der Waals surface area contributed by atoms with Gasteiger partial charge < -0.3 is 14.8 Å². The Labute approximate surface area is 136 Å². The minimum Gasteiger partial charge on any atom is -0.495 e. The molecule has 1 aliphatic rings. The molecule has 1 aromatic rings. The van der Waals surface area contributed by atoms with E-state index in [9.17, 15) is 0 Å². The van der Waals surface area contributed by atoms with Crippen molar-refractivity contribution in [1.82, 2.24) is 5.32 Å². The van der Waals surface area contributed by atoms with Crippen molar-refractivity contribution in [2.45, 2.75) is 44.6 Å². The highest BCUT2D eigenvalue weighted by Gasteiger charge is 2.22. The summed E-state index contributed by atoms with van der Waals surface area (Å²) in [5, 5.41) is 3.44. The summed E-state index contributed by atoms with van der Waals surface area (Å²) in [6.07, 6.45) is 8.06. The Balaban J connectivity index is 2.14. The number of rotatable bonds is 7. The summed E-state index contributed by atoms with van der Waals surface area (Å²) >= 11 is 3.59. The first-order valence-corrected chi connectivity index (χ1v) is 8.58. The molecular formula is C17H26BrNO2. The molecular weight excluding hydrogens is 330 g/mol. The van der Waals surface area contributed by atoms with Crippen molar-refractivity contribution in [2.75, 3.05) is 21.3 Å². The largest absolute Gasteiger partial charge is 0.495 e. The quantitative estimate of drug-likeness (QED) is 0.768. The van der Waals surface area contributed by atoms with E-state index < -0.39 is 0 Å². The van der Waals surface area contributed by atoms with Gasteiger partial charge in [-0.05, 0) is 53.9 Å². The van der Waals surface area contributed by atoms with Crippen LogP contribution in [0.2, 0.25) is 0 Å². The highest BCUT2D eigenvalue weighted by molar-refractivity contribution is 9.10. The van der Waals surface area contributed by atoms with Crippen LogP contribution in [-0.4, -0.2) is 21.3 Å². The minimum atomic E-state index is 0.322. The van der Waals surface area contributed by atoms with E-state index in [1.165, 1.54) is 37.7 Å². The molecule has 1 fully saturated rings. The monoisotopic (exact) mass is 355 g/mol. The number of hydrogen-bond acceptors (Lipinski definition) is 3. The van der Waals surface area contributed by atoms with Crippen molar-refractivity contribution in [2.24, 2.45) is 5.92 Å². The Hall–Kier alpha value is -0.740. The lowest BCUT2D eigenvalue weighted by molar-refractivity contribution is 0.372. The van der Waals surface area contributed by atoms with Crippen molar-refractivity contribution < 1.29 is 9.47 Å². The van der Waals surface area contributed by atoms with Gasteiger partial charge in [0.1, 0.15) is 16.0 Å². The van der Waals surface area contributed by atoms with Gasteiger partial charge in [0.2, 0.25) is 0 Å². The number of benzene rings is 1. The molecule has 1 unspecified atom stereocenters. The lowest BCUT2D eigenvalue weighted by Gasteiger charge is -2.22. The molecule has 1 aliphatic carbocycles. The third kappa shape index (κ3) is 3.92. The van der Waals surface area contributed by atoms with Gasteiger partial charge in [-0.1, -0.05) is 25.7 Å². The van der Waals surface area contributed by atoms with Crippen molar-refractivity contribution in [3.8, 4) is 11.5 Å². The number of hydrogen-bond donors (Lipinski definition) is 1. The summed E-state index contributed by atoms with van der Waals surface area (Å²) in [5.74, 6) is 2.59. The van der Waals surface area contributed by atoms with Gasteiger partial charge in [0.15, 0.2) is 0 Å². The fourth-order valence-electron chi connectivity index (χ4n) is 3.35. The lowest BCUT2D eigenvalue weighted by Crippen LogP contribution is -2.18. The van der Waals surface area contributed by atoms with Crippen LogP contribution in [0.1, 0.15) is 50.1 Å². The highest BCUT2D eigenvalue weighted by atomic mass is 79.9. The van der Waals surface area contributed by atoms with Gasteiger partial charge in [-0.15, -0.1) is 0 Å². The first-order chi connectivity index (χ1) is 10.2. The predicted molar refractivity (Wildman–Crippen MR) is 90.2 cm³/mol. The molecule has 4 heteroatoms. The fraction of sp³-hybridized carbons (Fsp3) is 0.647. The van der Waals surface area contributed by atoms with E-state index >= 15 is 0 Å². The normalized spacial score (nSPS) is 17.0. The van der Waals surface area contributed by atoms with Gasteiger partial charge in [-0.2, -0.15) is 0 Å². The molecule has 21 heavy (non-hydrogen) atoms. The second-order valence-corrected chi connectivity index (χ2v) is 6.57. The Morgan fingerprint density at radius 3 is 2.52 bits per heavy atom. The molecule has 0 radical (unpaired) electrons. The number of nitrogens with one attached hydrogen (secondary N) is 1. The van der Waals surface area contributed by atoms with Crippen LogP contribution in [0, 0.1) is 5.92 Å². The SMILES string of the molecule is CNC(CCC1CCCC1)c1ccc(OC)c(Br)c1OC. The lowest BCUT2D eigenvalue weighted by atomic mass is 9.94. The molecule has 0 bridgehead atoms. The van der Waals surface area contributed by atoms with Crippen LogP contribution in [0.25, 0.3) is 0 Å². The van der Waals surface area contributed by atoms with Gasteiger partial charge in [0.25, 0.3) is 0 Å². The molecule has 1 saturated carbocycles. The van der Waals surface area contributed by atoms with Crippen molar-refractivity contribution in [3.05, 3.63) is 22.2 Å². The van der Waals surface area contributed by atoms with Crippen molar-refractivity contribution >= 4 is 15.9 Å². The van der Waals surface area contributed by atoms with E-state index in [-0.39, 0.29) is 0 Å². The van der Waals surface area contributed by atoms with Crippen LogP contribution in [-0.2, 0) is 0 Å². The van der Waals surface area contributed by atoms with E-state index in [2.05, 4.69) is 27.3 Å². The molecule has 118 valence electrons. The summed E-state index contributed by atoms with van der Waals surface area (Å²) < 4.78 is 11.9. The minimum absolute atomic E-state index is 0.322. The molecule has 0 spiro atoms. The van der Waals surface area contributed by atoms with Crippen LogP contribution in [0.4, 0.5) is 0 Å². The molecule has 0 saturated heterocycles. The summed E-state index contributed by atoms with van der Waals surface area (Å²) in [7, 11) is 5.42. The Morgan fingerprint density at radius 1 is 1.24 bits per heavy atom. The zero-order valence-corrected chi connectivity index (χ0v) is 14.8. The smallest absolute Gasteiger partial charge is 0.141 e. The Kier molecular flexibility index (Phi) is 6.37. The third-order valence-electron chi connectivity index (χ3n) is 4.58. The maximum atomic E-state index is 5.61. The molecule has 0 aromatic heterocycles. The van der Waals surface area contributed by atoms with E-state index in [4.69, 9.17) is 9.47 Å². The van der Waals surface area contributed by atoms with Gasteiger partial charge in [-0.3, -0.25) is 0 Å². The molecule has 3 nitrogen and oxygen atoms in total. The third-order valence-corrected chi connectivity index (χ3v) is 5.33. The molecule has 1 atom stereocenters. The standard InChI is InChI=1S/C17H26BrNO2/c1-19-14(10-8-12-6-4-5-7-12)13-9-11-15(20-2)16(18)17(13)21-3/h9,11-12,14,19H,4-8,10H2,1-3H3. The average molecular weight is 356 g/mol. The van der Waals surface area contributed by atoms with Crippen LogP contribution in [0.3, 0.4) is 0 Å². The Bertz CT molecular complexity index is 458.